The van der Waals surface area contributed by atoms with Gasteiger partial charge in [-0.15, -0.1) is 5.19 Å². The number of hydrogen-bond acceptors (Lipinski definition) is 0. The van der Waals surface area contributed by atoms with E-state index in [9.17, 15) is 0 Å². The van der Waals surface area contributed by atoms with Gasteiger partial charge in [0, 0.05) is 0 Å². The van der Waals surface area contributed by atoms with Crippen LogP contribution in [0.2, 0.25) is 0 Å². The fourth-order valence-corrected chi connectivity index (χ4v) is 21.5. The summed E-state index contributed by atoms with van der Waals surface area (Å²) in [5.41, 5.74) is 44.5. The molecule has 10 rings (SSSR count). The second-order valence-electron chi connectivity index (χ2n) is 25.7. The number of halogens is 3. The Balaban J connectivity index is 0.00000296. The van der Waals surface area contributed by atoms with Gasteiger partial charge in [0.05, 0.1) is 0 Å². The summed E-state index contributed by atoms with van der Waals surface area (Å²) < 4.78 is 0. The Kier molecular flexibility index (Phi) is 21.3. The third-order valence-electron chi connectivity index (χ3n) is 18.7. The molecule has 0 saturated heterocycles. The molecule has 0 N–H and O–H groups in total. The molecule has 0 saturated carbocycles. The number of benzene rings is 9. The molecule has 0 bridgehead atoms. The van der Waals surface area contributed by atoms with Crippen LogP contribution >= 0.6 is 0 Å². The number of hydrogen-bond donors (Lipinski definition) is 0. The maximum Gasteiger partial charge on any atom is 4.00 e. The zero-order valence-electron chi connectivity index (χ0n) is 55.3. The summed E-state index contributed by atoms with van der Waals surface area (Å²) in [7, 11) is -3.66. The van der Waals surface area contributed by atoms with Gasteiger partial charge in [-0.1, -0.05) is 186 Å². The average molecular weight is 1240 g/mol. The van der Waals surface area contributed by atoms with Crippen molar-refractivity contribution in [3.63, 3.8) is 0 Å². The standard InChI is InChI=1S/C81H87Si.3ClH.Ti/c1-44-23-50(7)75(51(8)24-44)66-35-67(76-52(9)25-45(2)26-53(76)10)39-72(38-66)82(81-64(21)62(19)63(20)65(81)22,73-40-68(77-54(11)27-46(3)28-55(77)12)36-69(41-73)78-56(13)29-47(4)30-57(78)14)74-42-70(79-58(15)31-48(5)32-59(79)16)37-71(43-74)80-60(17)33-49(6)34-61(80)18;;;;/h23-43H,1-22H3;3*1H;/q-1;;;;+4/p-3. The molecule has 0 aromatic heterocycles. The summed E-state index contributed by atoms with van der Waals surface area (Å²) in [6.45, 7) is 51.1. The van der Waals surface area contributed by atoms with E-state index < -0.39 is 8.07 Å². The van der Waals surface area contributed by atoms with Crippen molar-refractivity contribution in [2.75, 3.05) is 0 Å². The Morgan fingerprint density at radius 1 is 0.209 bits per heavy atom. The van der Waals surface area contributed by atoms with E-state index in [0.717, 1.165) is 0 Å². The SMILES string of the molecule is Cc1cc(C)c(-c2cc(-c3c(C)cc(C)cc3C)cc([Si](c3cc(-c4c(C)cc(C)cc4C)cc(-c4c(C)cc(C)cc4C)c3)(c3cc(-c4c(C)cc(C)cc4C)cc(-c4c(C)cc(C)cc4C)c3)[c-]3c(C)c(C)c(C)c3C)c2)c(C)c1.[Cl-].[Cl-].[Cl-].[Ti+4]. The van der Waals surface area contributed by atoms with Crippen molar-refractivity contribution in [1.29, 1.82) is 0 Å². The second kappa shape index (κ2) is 26.5. The summed E-state index contributed by atoms with van der Waals surface area (Å²) >= 11 is 0. The number of rotatable bonds is 10. The van der Waals surface area contributed by atoms with Crippen LogP contribution in [0.3, 0.4) is 0 Å². The largest absolute Gasteiger partial charge is 4.00 e. The Bertz CT molecular complexity index is 3510. The molecule has 0 spiro atoms. The van der Waals surface area contributed by atoms with Gasteiger partial charge in [-0.05, 0) is 276 Å². The minimum atomic E-state index is -3.66. The number of aryl methyl sites for hydroxylation is 18. The summed E-state index contributed by atoms with van der Waals surface area (Å²) in [6.07, 6.45) is 0. The fraction of sp³-hybridized carbons (Fsp3) is 0.272. The normalized spacial score (nSPS) is 11.2. The maximum atomic E-state index is 2.68. The molecule has 0 nitrogen and oxygen atoms in total. The van der Waals surface area contributed by atoms with Gasteiger partial charge >= 0.3 is 21.7 Å². The van der Waals surface area contributed by atoms with Gasteiger partial charge in [0.1, 0.15) is 8.07 Å². The molecule has 10 aromatic carbocycles. The van der Waals surface area contributed by atoms with Crippen LogP contribution in [0.1, 0.15) is 122 Å². The van der Waals surface area contributed by atoms with Crippen molar-refractivity contribution in [2.24, 2.45) is 0 Å². The molecule has 0 radical (unpaired) electrons. The third kappa shape index (κ3) is 12.3. The Hall–Kier alpha value is -5.87. The van der Waals surface area contributed by atoms with E-state index in [1.54, 1.807) is 0 Å². The monoisotopic (exact) mass is 1240 g/mol. The van der Waals surface area contributed by atoms with E-state index in [1.807, 2.05) is 0 Å². The van der Waals surface area contributed by atoms with E-state index in [-0.39, 0.29) is 58.9 Å². The molecule has 0 aliphatic rings. The Morgan fingerprint density at radius 3 is 0.488 bits per heavy atom. The minimum Gasteiger partial charge on any atom is -1.00 e. The Labute approximate surface area is 552 Å². The van der Waals surface area contributed by atoms with Crippen molar-refractivity contribution in [3.05, 3.63) is 250 Å². The fourth-order valence-electron chi connectivity index (χ4n) is 15.9. The van der Waals surface area contributed by atoms with E-state index in [0.29, 0.717) is 0 Å². The molecule has 0 aliphatic heterocycles. The van der Waals surface area contributed by atoms with Crippen molar-refractivity contribution < 1.29 is 58.9 Å². The first-order chi connectivity index (χ1) is 38.7. The van der Waals surface area contributed by atoms with Gasteiger partial charge in [0.25, 0.3) is 0 Å². The molecule has 0 atom stereocenters. The van der Waals surface area contributed by atoms with E-state index in [4.69, 9.17) is 0 Å². The third-order valence-corrected chi connectivity index (χ3v) is 23.7. The summed E-state index contributed by atoms with van der Waals surface area (Å²) in [4.78, 5) is 0. The molecule has 10 aromatic rings. The van der Waals surface area contributed by atoms with Crippen molar-refractivity contribution in [3.8, 4) is 66.8 Å². The molecule has 0 heterocycles. The first-order valence-corrected chi connectivity index (χ1v) is 31.9. The molecule has 0 aliphatic carbocycles. The van der Waals surface area contributed by atoms with Crippen LogP contribution < -0.4 is 58.0 Å². The molecule has 0 fully saturated rings. The second-order valence-corrected chi connectivity index (χ2v) is 29.4. The molecule has 86 heavy (non-hydrogen) atoms. The quantitative estimate of drug-likeness (QED) is 0.0727. The van der Waals surface area contributed by atoms with Gasteiger partial charge in [-0.3, -0.25) is 0 Å². The smallest absolute Gasteiger partial charge is 1.00 e. The minimum absolute atomic E-state index is 0. The molecule has 0 unspecified atom stereocenters. The summed E-state index contributed by atoms with van der Waals surface area (Å²) in [5, 5.41) is 5.68. The molecular weight excluding hydrogens is 1160 g/mol. The topological polar surface area (TPSA) is 0 Å². The van der Waals surface area contributed by atoms with Crippen molar-refractivity contribution in [2.45, 2.75) is 152 Å². The van der Waals surface area contributed by atoms with E-state index in [1.165, 1.54) is 210 Å². The van der Waals surface area contributed by atoms with Crippen molar-refractivity contribution >= 4 is 28.8 Å². The van der Waals surface area contributed by atoms with Gasteiger partial charge in [0.15, 0.2) is 0 Å². The molecule has 440 valence electrons. The summed E-state index contributed by atoms with van der Waals surface area (Å²) in [5.74, 6) is 0. The van der Waals surface area contributed by atoms with Crippen LogP contribution in [-0.4, -0.2) is 8.07 Å². The van der Waals surface area contributed by atoms with Gasteiger partial charge in [0.2, 0.25) is 0 Å². The van der Waals surface area contributed by atoms with Crippen LogP contribution in [-0.2, 0) is 21.7 Å². The summed E-state index contributed by atoms with van der Waals surface area (Å²) in [6, 6.07) is 52.4. The zero-order chi connectivity index (χ0) is 59.3. The van der Waals surface area contributed by atoms with Crippen LogP contribution in [0.4, 0.5) is 0 Å². The molecule has 0 amide bonds. The first kappa shape index (κ1) is 69.2. The van der Waals surface area contributed by atoms with Crippen molar-refractivity contribution in [1.82, 2.24) is 0 Å². The van der Waals surface area contributed by atoms with Crippen LogP contribution in [0.5, 0.6) is 0 Å². The predicted octanol–water partition coefficient (Wildman–Crippen LogP) is 10.6. The molecular formula is C81H87Cl3SiTi. The van der Waals surface area contributed by atoms with Gasteiger partial charge in [-0.25, -0.2) is 0 Å². The van der Waals surface area contributed by atoms with Crippen LogP contribution in [0.25, 0.3) is 66.8 Å². The zero-order valence-corrected chi connectivity index (χ0v) is 60.1. The first-order valence-electron chi connectivity index (χ1n) is 29.9. The Morgan fingerprint density at radius 2 is 0.349 bits per heavy atom. The van der Waals surface area contributed by atoms with Crippen LogP contribution in [0.15, 0.2) is 127 Å². The van der Waals surface area contributed by atoms with E-state index >= 15 is 0 Å². The van der Waals surface area contributed by atoms with E-state index in [2.05, 4.69) is 280 Å². The van der Waals surface area contributed by atoms with Gasteiger partial charge in [-0.2, -0.15) is 22.3 Å². The van der Waals surface area contributed by atoms with Gasteiger partial charge < -0.3 is 37.2 Å². The molecule has 5 heteroatoms. The predicted molar refractivity (Wildman–Crippen MR) is 362 cm³/mol. The maximum absolute atomic E-state index is 3.66. The van der Waals surface area contributed by atoms with Crippen LogP contribution in [0, 0.1) is 152 Å². The average Bonchev–Trinajstić information content (AvgIpc) is 1.22.